The fourth-order valence-electron chi connectivity index (χ4n) is 2.04. The van der Waals surface area contributed by atoms with Crippen molar-refractivity contribution in [3.8, 4) is 5.75 Å². The Labute approximate surface area is 110 Å². The standard InChI is InChI=1S/C12H14ClN3O2/c1-2-5-16-10(11(14)15-12(16)18)7-3-4-9(17)8(13)6-7/h3-4,6,10,17H,2,5H2,1H3,(H2,14,15,18). The summed E-state index contributed by atoms with van der Waals surface area (Å²) in [6, 6.07) is 4.01. The zero-order valence-electron chi connectivity index (χ0n) is 9.90. The van der Waals surface area contributed by atoms with E-state index in [1.807, 2.05) is 6.92 Å². The molecule has 0 spiro atoms. The Morgan fingerprint density at radius 2 is 2.28 bits per heavy atom. The first-order chi connectivity index (χ1) is 8.54. The molecule has 0 saturated carbocycles. The summed E-state index contributed by atoms with van der Waals surface area (Å²) < 4.78 is 0. The number of carbonyl (C=O) groups is 1. The van der Waals surface area contributed by atoms with Gasteiger partial charge in [0.15, 0.2) is 0 Å². The summed E-state index contributed by atoms with van der Waals surface area (Å²) in [6.07, 6.45) is 0.809. The Morgan fingerprint density at radius 1 is 1.56 bits per heavy atom. The molecule has 1 saturated heterocycles. The number of rotatable bonds is 3. The van der Waals surface area contributed by atoms with Crippen LogP contribution in [0.5, 0.6) is 5.75 Å². The molecule has 1 unspecified atom stereocenters. The lowest BCUT2D eigenvalue weighted by Gasteiger charge is -2.22. The molecule has 1 aromatic carbocycles. The number of halogens is 1. The minimum atomic E-state index is -0.449. The molecule has 5 nitrogen and oxygen atoms in total. The smallest absolute Gasteiger partial charge is 0.323 e. The number of hydrogen-bond donors (Lipinski definition) is 3. The number of amidine groups is 1. The maximum Gasteiger partial charge on any atom is 0.323 e. The highest BCUT2D eigenvalue weighted by atomic mass is 35.5. The average Bonchev–Trinajstić information content (AvgIpc) is 2.59. The van der Waals surface area contributed by atoms with Crippen LogP contribution in [0, 0.1) is 5.41 Å². The number of phenols is 1. The summed E-state index contributed by atoms with van der Waals surface area (Å²) in [7, 11) is 0. The Kier molecular flexibility index (Phi) is 3.43. The summed E-state index contributed by atoms with van der Waals surface area (Å²) in [5.41, 5.74) is 0.717. The van der Waals surface area contributed by atoms with E-state index in [9.17, 15) is 9.90 Å². The predicted molar refractivity (Wildman–Crippen MR) is 69.1 cm³/mol. The van der Waals surface area contributed by atoms with Gasteiger partial charge >= 0.3 is 6.03 Å². The zero-order valence-corrected chi connectivity index (χ0v) is 10.7. The van der Waals surface area contributed by atoms with Crippen molar-refractivity contribution in [2.24, 2.45) is 0 Å². The number of amides is 2. The second-order valence-electron chi connectivity index (χ2n) is 4.15. The van der Waals surface area contributed by atoms with Crippen molar-refractivity contribution in [3.05, 3.63) is 28.8 Å². The van der Waals surface area contributed by atoms with Crippen LogP contribution in [0.25, 0.3) is 0 Å². The Morgan fingerprint density at radius 3 is 2.89 bits per heavy atom. The summed E-state index contributed by atoms with van der Waals surface area (Å²) in [6.45, 7) is 2.54. The van der Waals surface area contributed by atoms with E-state index >= 15 is 0 Å². The van der Waals surface area contributed by atoms with E-state index in [2.05, 4.69) is 5.32 Å². The second kappa shape index (κ2) is 4.86. The number of phenolic OH excluding ortho intramolecular Hbond substituents is 1. The summed E-state index contributed by atoms with van der Waals surface area (Å²) in [4.78, 5) is 13.3. The SMILES string of the molecule is CCCN1C(=O)NC(=N)C1c1ccc(O)c(Cl)c1. The van der Waals surface area contributed by atoms with Gasteiger partial charge in [-0.2, -0.15) is 0 Å². The highest BCUT2D eigenvalue weighted by Gasteiger charge is 2.36. The Bertz CT molecular complexity index is 504. The molecule has 18 heavy (non-hydrogen) atoms. The van der Waals surface area contributed by atoms with Crippen LogP contribution in [0.3, 0.4) is 0 Å². The molecule has 2 amide bonds. The van der Waals surface area contributed by atoms with Gasteiger partial charge < -0.3 is 10.0 Å². The van der Waals surface area contributed by atoms with E-state index in [1.54, 1.807) is 17.0 Å². The Balaban J connectivity index is 2.37. The van der Waals surface area contributed by atoms with Gasteiger partial charge in [0.1, 0.15) is 17.6 Å². The van der Waals surface area contributed by atoms with Crippen LogP contribution in [0.1, 0.15) is 24.9 Å². The van der Waals surface area contributed by atoms with Gasteiger partial charge in [0.2, 0.25) is 0 Å². The average molecular weight is 268 g/mol. The molecule has 1 atom stereocenters. The van der Waals surface area contributed by atoms with E-state index in [0.717, 1.165) is 12.0 Å². The van der Waals surface area contributed by atoms with E-state index < -0.39 is 6.04 Å². The van der Waals surface area contributed by atoms with Crippen molar-refractivity contribution in [3.63, 3.8) is 0 Å². The maximum absolute atomic E-state index is 11.7. The van der Waals surface area contributed by atoms with Crippen LogP contribution in [-0.2, 0) is 0 Å². The van der Waals surface area contributed by atoms with Crippen molar-refractivity contribution in [2.75, 3.05) is 6.54 Å². The van der Waals surface area contributed by atoms with Crippen LogP contribution >= 0.6 is 11.6 Å². The molecular formula is C12H14ClN3O2. The first kappa shape index (κ1) is 12.7. The molecule has 6 heteroatoms. The molecule has 1 heterocycles. The first-order valence-corrected chi connectivity index (χ1v) is 6.07. The molecule has 0 radical (unpaired) electrons. The van der Waals surface area contributed by atoms with Crippen LogP contribution in [-0.4, -0.2) is 28.4 Å². The molecular weight excluding hydrogens is 254 g/mol. The Hall–Kier alpha value is -1.75. The molecule has 0 aromatic heterocycles. The van der Waals surface area contributed by atoms with Crippen LogP contribution in [0.2, 0.25) is 5.02 Å². The number of urea groups is 1. The number of nitrogens with zero attached hydrogens (tertiary/aromatic N) is 1. The quantitative estimate of drug-likeness (QED) is 0.787. The summed E-state index contributed by atoms with van der Waals surface area (Å²) in [5, 5.41) is 19.9. The minimum absolute atomic E-state index is 0.00808. The van der Waals surface area contributed by atoms with Crippen LogP contribution < -0.4 is 5.32 Å². The van der Waals surface area contributed by atoms with E-state index in [1.165, 1.54) is 6.07 Å². The van der Waals surface area contributed by atoms with Crippen molar-refractivity contribution in [1.29, 1.82) is 5.41 Å². The van der Waals surface area contributed by atoms with Crippen molar-refractivity contribution in [1.82, 2.24) is 10.2 Å². The summed E-state index contributed by atoms with van der Waals surface area (Å²) in [5.74, 6) is 0.126. The molecule has 1 aromatic rings. The van der Waals surface area contributed by atoms with Gasteiger partial charge in [-0.1, -0.05) is 24.6 Å². The lowest BCUT2D eigenvalue weighted by molar-refractivity contribution is 0.206. The van der Waals surface area contributed by atoms with Gasteiger partial charge in [0.25, 0.3) is 0 Å². The van der Waals surface area contributed by atoms with Gasteiger partial charge in [-0.25, -0.2) is 4.79 Å². The number of nitrogens with one attached hydrogen (secondary N) is 2. The molecule has 96 valence electrons. The van der Waals surface area contributed by atoms with Crippen molar-refractivity contribution in [2.45, 2.75) is 19.4 Å². The van der Waals surface area contributed by atoms with E-state index in [4.69, 9.17) is 17.0 Å². The molecule has 2 rings (SSSR count). The second-order valence-corrected chi connectivity index (χ2v) is 4.56. The highest BCUT2D eigenvalue weighted by Crippen LogP contribution is 2.31. The van der Waals surface area contributed by atoms with Gasteiger partial charge in [-0.15, -0.1) is 0 Å². The van der Waals surface area contributed by atoms with Gasteiger partial charge in [0, 0.05) is 6.54 Å². The third-order valence-electron chi connectivity index (χ3n) is 2.84. The molecule has 1 aliphatic rings. The van der Waals surface area contributed by atoms with Crippen LogP contribution in [0.15, 0.2) is 18.2 Å². The van der Waals surface area contributed by atoms with Crippen LogP contribution in [0.4, 0.5) is 4.79 Å². The molecule has 0 aliphatic carbocycles. The monoisotopic (exact) mass is 267 g/mol. The number of aromatic hydroxyl groups is 1. The summed E-state index contributed by atoms with van der Waals surface area (Å²) >= 11 is 5.86. The minimum Gasteiger partial charge on any atom is -0.506 e. The van der Waals surface area contributed by atoms with Crippen molar-refractivity contribution < 1.29 is 9.90 Å². The third kappa shape index (κ3) is 2.13. The normalized spacial score (nSPS) is 19.2. The number of benzene rings is 1. The largest absolute Gasteiger partial charge is 0.506 e. The number of carbonyl (C=O) groups excluding carboxylic acids is 1. The molecule has 0 bridgehead atoms. The molecule has 1 fully saturated rings. The maximum atomic E-state index is 11.7. The predicted octanol–water partition coefficient (Wildman–Crippen LogP) is 2.50. The molecule has 3 N–H and O–H groups in total. The van der Waals surface area contributed by atoms with Gasteiger partial charge in [-0.05, 0) is 24.1 Å². The van der Waals surface area contributed by atoms with Crippen molar-refractivity contribution >= 4 is 23.5 Å². The topological polar surface area (TPSA) is 76.4 Å². The van der Waals surface area contributed by atoms with Gasteiger partial charge in [-0.3, -0.25) is 10.7 Å². The first-order valence-electron chi connectivity index (χ1n) is 5.69. The lowest BCUT2D eigenvalue weighted by atomic mass is 10.1. The lowest BCUT2D eigenvalue weighted by Crippen LogP contribution is -2.30. The van der Waals surface area contributed by atoms with Gasteiger partial charge in [0.05, 0.1) is 5.02 Å². The van der Waals surface area contributed by atoms with E-state index in [-0.39, 0.29) is 22.6 Å². The third-order valence-corrected chi connectivity index (χ3v) is 3.14. The fraction of sp³-hybridized carbons (Fsp3) is 0.333. The number of hydrogen-bond acceptors (Lipinski definition) is 3. The fourth-order valence-corrected chi connectivity index (χ4v) is 2.23. The molecule has 1 aliphatic heterocycles. The van der Waals surface area contributed by atoms with E-state index in [0.29, 0.717) is 6.54 Å². The zero-order chi connectivity index (χ0) is 13.3. The highest BCUT2D eigenvalue weighted by molar-refractivity contribution is 6.32.